The molecule has 200 valence electrons. The van der Waals surface area contributed by atoms with Crippen LogP contribution >= 0.6 is 24.2 Å². The van der Waals surface area contributed by atoms with Gasteiger partial charge in [-0.25, -0.2) is 0 Å². The molecule has 2 amide bonds. The van der Waals surface area contributed by atoms with E-state index in [9.17, 15) is 14.4 Å². The van der Waals surface area contributed by atoms with Crippen molar-refractivity contribution in [2.45, 2.75) is 31.6 Å². The highest BCUT2D eigenvalue weighted by atomic mass is 35.5. The fraction of sp³-hybridized carbons (Fsp3) is 0.444. The first-order valence-electron chi connectivity index (χ1n) is 12.2. The predicted molar refractivity (Wildman–Crippen MR) is 149 cm³/mol. The molecule has 0 spiro atoms. The summed E-state index contributed by atoms with van der Waals surface area (Å²) in [5, 5.41) is 2.66. The number of nitrogens with one attached hydrogen (secondary N) is 1. The van der Waals surface area contributed by atoms with E-state index in [4.69, 9.17) is 22.1 Å². The van der Waals surface area contributed by atoms with Gasteiger partial charge in [0.25, 0.3) is 5.91 Å². The molecule has 2 atom stereocenters. The Morgan fingerprint density at radius 1 is 1.05 bits per heavy atom. The van der Waals surface area contributed by atoms with Crippen molar-refractivity contribution in [3.8, 4) is 0 Å². The van der Waals surface area contributed by atoms with E-state index in [2.05, 4.69) is 22.8 Å². The Labute approximate surface area is 228 Å². The van der Waals surface area contributed by atoms with Crippen LogP contribution in [0.4, 0.5) is 5.69 Å². The Kier molecular flexibility index (Phi) is 10.0. The van der Waals surface area contributed by atoms with Gasteiger partial charge in [-0.1, -0.05) is 37.6 Å². The van der Waals surface area contributed by atoms with Crippen molar-refractivity contribution in [2.24, 2.45) is 11.1 Å². The minimum atomic E-state index is -1.01. The number of anilines is 1. The predicted octanol–water partition coefficient (Wildman–Crippen LogP) is 3.10. The van der Waals surface area contributed by atoms with Crippen LogP contribution in [0.2, 0.25) is 5.02 Å². The van der Waals surface area contributed by atoms with E-state index in [1.54, 1.807) is 38.1 Å². The van der Waals surface area contributed by atoms with E-state index in [-0.39, 0.29) is 5.91 Å². The van der Waals surface area contributed by atoms with Crippen molar-refractivity contribution in [3.63, 3.8) is 0 Å². The lowest BCUT2D eigenvalue weighted by Crippen LogP contribution is -2.52. The van der Waals surface area contributed by atoms with Gasteiger partial charge in [-0.15, -0.1) is 0 Å². The molecule has 1 saturated heterocycles. The molecule has 10 heteroatoms. The maximum Gasteiger partial charge on any atom is 0.323 e. The summed E-state index contributed by atoms with van der Waals surface area (Å²) in [7, 11) is 1.25. The Morgan fingerprint density at radius 3 is 2.22 bits per heavy atom. The lowest BCUT2D eigenvalue weighted by molar-refractivity contribution is -0.145. The molecular weight excluding hydrogens is 512 g/mol. The third-order valence-corrected chi connectivity index (χ3v) is 8.05. The highest BCUT2D eigenvalue weighted by Crippen LogP contribution is 2.30. The highest BCUT2D eigenvalue weighted by Gasteiger charge is 2.42. The number of carbonyl (C=O) groups is 3. The van der Waals surface area contributed by atoms with Gasteiger partial charge in [0.15, 0.2) is 0 Å². The molecule has 1 aliphatic heterocycles. The zero-order valence-electron chi connectivity index (χ0n) is 21.4. The van der Waals surface area contributed by atoms with E-state index >= 15 is 0 Å². The van der Waals surface area contributed by atoms with Crippen molar-refractivity contribution in [3.05, 3.63) is 64.7 Å². The fourth-order valence-electron chi connectivity index (χ4n) is 4.14. The second-order valence-electron chi connectivity index (χ2n) is 9.80. The molecular formula is C27H35ClN4O4S. The number of amides is 2. The number of piperazine rings is 1. The number of nitrogens with two attached hydrogens (primary N) is 1. The van der Waals surface area contributed by atoms with Gasteiger partial charge in [-0.05, 0) is 48.4 Å². The molecule has 0 bridgehead atoms. The fourth-order valence-corrected chi connectivity index (χ4v) is 4.49. The topological polar surface area (TPSA) is 105 Å². The van der Waals surface area contributed by atoms with E-state index < -0.39 is 28.6 Å². The van der Waals surface area contributed by atoms with Crippen molar-refractivity contribution < 1.29 is 19.1 Å². The lowest BCUT2D eigenvalue weighted by atomic mass is 9.80. The maximum atomic E-state index is 13.0. The number of halogens is 1. The molecule has 2 aromatic carbocycles. The third kappa shape index (κ3) is 7.47. The summed E-state index contributed by atoms with van der Waals surface area (Å²) in [6, 6.07) is 13.6. The van der Waals surface area contributed by atoms with Crippen LogP contribution in [0.3, 0.4) is 0 Å². The van der Waals surface area contributed by atoms with Crippen LogP contribution in [0.1, 0.15) is 29.8 Å². The van der Waals surface area contributed by atoms with Crippen LogP contribution in [0.5, 0.6) is 0 Å². The molecule has 3 N–H and O–H groups in total. The van der Waals surface area contributed by atoms with Crippen LogP contribution in [-0.2, 0) is 20.7 Å². The smallest absolute Gasteiger partial charge is 0.323 e. The first-order valence-corrected chi connectivity index (χ1v) is 13.1. The average molecular weight is 547 g/mol. The van der Waals surface area contributed by atoms with E-state index in [0.29, 0.717) is 24.3 Å². The molecule has 1 aliphatic rings. The molecule has 0 aromatic heterocycles. The zero-order valence-corrected chi connectivity index (χ0v) is 23.1. The molecule has 0 aliphatic carbocycles. The molecule has 2 unspecified atom stereocenters. The van der Waals surface area contributed by atoms with Gasteiger partial charge in [0, 0.05) is 54.4 Å². The minimum Gasteiger partial charge on any atom is -0.468 e. The van der Waals surface area contributed by atoms with Gasteiger partial charge < -0.3 is 20.7 Å². The second kappa shape index (κ2) is 12.8. The van der Waals surface area contributed by atoms with Crippen molar-refractivity contribution in [2.75, 3.05) is 45.2 Å². The van der Waals surface area contributed by atoms with Gasteiger partial charge in [0.1, 0.15) is 6.04 Å². The molecule has 1 heterocycles. The Hall–Kier alpha value is -2.59. The first kappa shape index (κ1) is 29.0. The molecule has 0 saturated carbocycles. The molecule has 37 heavy (non-hydrogen) atoms. The van der Waals surface area contributed by atoms with Crippen LogP contribution in [0.25, 0.3) is 0 Å². The van der Waals surface area contributed by atoms with Gasteiger partial charge >= 0.3 is 5.97 Å². The zero-order chi connectivity index (χ0) is 27.2. The molecule has 1 fully saturated rings. The van der Waals surface area contributed by atoms with Crippen LogP contribution in [-0.4, -0.2) is 78.7 Å². The standard InChI is InChI=1S/C27H35ClN4O4S/c1-27(2,22(29)26(35)36-3)23(37)24(33)30-21-10-6-19(7-11-21)25(34)32-16-14-31(15-17-32)13-12-18-4-8-20(28)9-5-18/h4-11,22-23,37H,12-17,29H2,1-3H3,(H,30,33). The van der Waals surface area contributed by atoms with Crippen LogP contribution in [0, 0.1) is 5.41 Å². The van der Waals surface area contributed by atoms with Gasteiger partial charge in [-0.3, -0.25) is 19.3 Å². The monoisotopic (exact) mass is 546 g/mol. The number of ether oxygens (including phenoxy) is 1. The van der Waals surface area contributed by atoms with E-state index in [0.717, 1.165) is 31.1 Å². The Morgan fingerprint density at radius 2 is 1.65 bits per heavy atom. The minimum absolute atomic E-state index is 0.0347. The number of carbonyl (C=O) groups excluding carboxylic acids is 3. The Bertz CT molecular complexity index is 1090. The van der Waals surface area contributed by atoms with Crippen molar-refractivity contribution in [1.82, 2.24) is 9.80 Å². The first-order chi connectivity index (χ1) is 17.5. The number of methoxy groups -OCH3 is 1. The van der Waals surface area contributed by atoms with E-state index in [1.165, 1.54) is 12.7 Å². The van der Waals surface area contributed by atoms with Crippen molar-refractivity contribution >= 4 is 47.7 Å². The SMILES string of the molecule is COC(=O)C(N)C(C)(C)C(S)C(=O)Nc1ccc(C(=O)N2CCN(CCc3ccc(Cl)cc3)CC2)cc1. The lowest BCUT2D eigenvalue weighted by Gasteiger charge is -2.35. The second-order valence-corrected chi connectivity index (χ2v) is 10.8. The molecule has 8 nitrogen and oxygen atoms in total. The number of hydrogen-bond acceptors (Lipinski definition) is 7. The van der Waals surface area contributed by atoms with Gasteiger partial charge in [0.2, 0.25) is 5.91 Å². The highest BCUT2D eigenvalue weighted by molar-refractivity contribution is 7.81. The number of thiol groups is 1. The summed E-state index contributed by atoms with van der Waals surface area (Å²) < 4.78 is 4.70. The Balaban J connectivity index is 1.49. The normalized spacial score (nSPS) is 16.1. The van der Waals surface area contributed by atoms with Crippen LogP contribution in [0.15, 0.2) is 48.5 Å². The summed E-state index contributed by atoms with van der Waals surface area (Å²) >= 11 is 10.4. The number of nitrogens with zero attached hydrogens (tertiary/aromatic N) is 2. The number of benzene rings is 2. The summed E-state index contributed by atoms with van der Waals surface area (Å²) in [6.07, 6.45) is 0.942. The number of hydrogen-bond donors (Lipinski definition) is 3. The molecule has 2 aromatic rings. The van der Waals surface area contributed by atoms with Gasteiger partial charge in [-0.2, -0.15) is 12.6 Å². The van der Waals surface area contributed by atoms with Crippen LogP contribution < -0.4 is 11.1 Å². The van der Waals surface area contributed by atoms with Crippen molar-refractivity contribution in [1.29, 1.82) is 0 Å². The number of rotatable bonds is 9. The number of esters is 1. The quantitative estimate of drug-likeness (QED) is 0.330. The average Bonchev–Trinajstić information content (AvgIpc) is 2.91. The van der Waals surface area contributed by atoms with E-state index in [1.807, 2.05) is 29.2 Å². The largest absolute Gasteiger partial charge is 0.468 e. The summed E-state index contributed by atoms with van der Waals surface area (Å²) in [4.78, 5) is 41.8. The van der Waals surface area contributed by atoms with Gasteiger partial charge in [0.05, 0.1) is 12.4 Å². The molecule has 0 radical (unpaired) electrons. The summed E-state index contributed by atoms with van der Waals surface area (Å²) in [6.45, 7) is 7.27. The maximum absolute atomic E-state index is 13.0. The summed E-state index contributed by atoms with van der Waals surface area (Å²) in [5.41, 5.74) is 7.34. The third-order valence-electron chi connectivity index (χ3n) is 6.90. The summed E-state index contributed by atoms with van der Waals surface area (Å²) in [5.74, 6) is -1.05. The molecule has 3 rings (SSSR count).